The van der Waals surface area contributed by atoms with Gasteiger partial charge in [0.05, 0.1) is 17.7 Å². The van der Waals surface area contributed by atoms with Crippen LogP contribution in [0.1, 0.15) is 11.1 Å². The topological polar surface area (TPSA) is 86.0 Å². The number of carbonyl (C=O) groups is 1. The van der Waals surface area contributed by atoms with E-state index in [1.807, 2.05) is 31.2 Å². The average molecular weight is 424 g/mol. The van der Waals surface area contributed by atoms with Gasteiger partial charge in [0, 0.05) is 5.38 Å². The Morgan fingerprint density at radius 1 is 1.13 bits per heavy atom. The van der Waals surface area contributed by atoms with Crippen LogP contribution in [0.15, 0.2) is 63.5 Å². The molecule has 2 aromatic heterocycles. The van der Waals surface area contributed by atoms with E-state index < -0.39 is 23.0 Å². The highest BCUT2D eigenvalue weighted by atomic mass is 32.1. The zero-order valence-electron chi connectivity index (χ0n) is 16.0. The van der Waals surface area contributed by atoms with Gasteiger partial charge in [-0.1, -0.05) is 42.0 Å². The number of rotatable bonds is 5. The largest absolute Gasteiger partial charge is 0.332 e. The quantitative estimate of drug-likeness (QED) is 0.534. The summed E-state index contributed by atoms with van der Waals surface area (Å²) in [6.07, 6.45) is 0. The Morgan fingerprint density at radius 3 is 2.70 bits per heavy atom. The van der Waals surface area contributed by atoms with E-state index in [1.54, 1.807) is 11.4 Å². The molecule has 0 atom stereocenters. The summed E-state index contributed by atoms with van der Waals surface area (Å²) in [5, 5.41) is 4.00. The van der Waals surface area contributed by atoms with Crippen molar-refractivity contribution in [2.24, 2.45) is 0 Å². The lowest BCUT2D eigenvalue weighted by molar-refractivity contribution is -0.116. The predicted molar refractivity (Wildman–Crippen MR) is 113 cm³/mol. The van der Waals surface area contributed by atoms with Crippen LogP contribution in [0.5, 0.6) is 0 Å². The number of benzene rings is 2. The number of halogens is 1. The third-order valence-corrected chi connectivity index (χ3v) is 5.24. The molecule has 2 aromatic carbocycles. The third kappa shape index (κ3) is 3.79. The number of fused-ring (bicyclic) bond motifs is 1. The zero-order chi connectivity index (χ0) is 21.3. The molecular formula is C21H17FN4O3S. The molecule has 152 valence electrons. The molecule has 30 heavy (non-hydrogen) atoms. The Bertz CT molecular complexity index is 1370. The van der Waals surface area contributed by atoms with Gasteiger partial charge >= 0.3 is 5.69 Å². The van der Waals surface area contributed by atoms with Crippen LogP contribution in [0.4, 0.5) is 10.1 Å². The van der Waals surface area contributed by atoms with Gasteiger partial charge in [0.15, 0.2) is 5.52 Å². The Balaban J connectivity index is 1.73. The number of hydrogen-bond donors (Lipinski definition) is 1. The van der Waals surface area contributed by atoms with E-state index in [0.717, 1.165) is 27.2 Å². The van der Waals surface area contributed by atoms with Crippen molar-refractivity contribution in [2.45, 2.75) is 20.0 Å². The minimum absolute atomic E-state index is 0.0170. The number of hydrogen-bond acceptors (Lipinski definition) is 5. The monoisotopic (exact) mass is 424 g/mol. The van der Waals surface area contributed by atoms with E-state index in [4.69, 9.17) is 0 Å². The van der Waals surface area contributed by atoms with E-state index in [0.29, 0.717) is 0 Å². The molecule has 0 saturated carbocycles. The SMILES string of the molecule is Cc1cccc(Cn2c(=O)c3nscc3n(CC(=O)Nc3ccccc3F)c2=O)c1. The van der Waals surface area contributed by atoms with Crippen molar-refractivity contribution in [2.75, 3.05) is 5.32 Å². The molecule has 0 spiro atoms. The number of nitrogens with zero attached hydrogens (tertiary/aromatic N) is 3. The highest BCUT2D eigenvalue weighted by molar-refractivity contribution is 7.04. The molecule has 0 bridgehead atoms. The van der Waals surface area contributed by atoms with Gasteiger partial charge in [-0.05, 0) is 36.2 Å². The lowest BCUT2D eigenvalue weighted by atomic mass is 10.1. The molecule has 0 aliphatic heterocycles. The molecule has 7 nitrogen and oxygen atoms in total. The van der Waals surface area contributed by atoms with Crippen LogP contribution < -0.4 is 16.6 Å². The number of nitrogens with one attached hydrogen (secondary N) is 1. The van der Waals surface area contributed by atoms with Crippen LogP contribution in [0.3, 0.4) is 0 Å². The number of anilines is 1. The van der Waals surface area contributed by atoms with E-state index in [1.165, 1.54) is 22.8 Å². The average Bonchev–Trinajstić information content (AvgIpc) is 3.20. The van der Waals surface area contributed by atoms with Crippen molar-refractivity contribution < 1.29 is 9.18 Å². The lowest BCUT2D eigenvalue weighted by Gasteiger charge is -2.12. The minimum Gasteiger partial charge on any atom is -0.322 e. The fourth-order valence-electron chi connectivity index (χ4n) is 3.22. The Kier molecular flexibility index (Phi) is 5.28. The fraction of sp³-hybridized carbons (Fsp3) is 0.143. The summed E-state index contributed by atoms with van der Waals surface area (Å²) in [6, 6.07) is 13.2. The Morgan fingerprint density at radius 2 is 1.93 bits per heavy atom. The second kappa shape index (κ2) is 8.03. The smallest absolute Gasteiger partial charge is 0.322 e. The van der Waals surface area contributed by atoms with Crippen molar-refractivity contribution in [1.82, 2.24) is 13.5 Å². The van der Waals surface area contributed by atoms with Crippen LogP contribution in [0.25, 0.3) is 11.0 Å². The van der Waals surface area contributed by atoms with Crippen LogP contribution >= 0.6 is 11.5 Å². The first-order valence-corrected chi connectivity index (χ1v) is 9.95. The molecule has 2 heterocycles. The van der Waals surface area contributed by atoms with Gasteiger partial charge < -0.3 is 5.32 Å². The van der Waals surface area contributed by atoms with Crippen LogP contribution in [0, 0.1) is 12.7 Å². The summed E-state index contributed by atoms with van der Waals surface area (Å²) in [5.41, 5.74) is 1.06. The summed E-state index contributed by atoms with van der Waals surface area (Å²) in [5.74, 6) is -1.17. The van der Waals surface area contributed by atoms with Gasteiger partial charge in [-0.3, -0.25) is 18.7 Å². The molecule has 4 aromatic rings. The molecule has 0 radical (unpaired) electrons. The van der Waals surface area contributed by atoms with Gasteiger partial charge in [-0.25, -0.2) is 9.18 Å². The molecule has 0 aliphatic rings. The van der Waals surface area contributed by atoms with Gasteiger partial charge in [-0.2, -0.15) is 4.37 Å². The molecule has 4 rings (SSSR count). The summed E-state index contributed by atoms with van der Waals surface area (Å²) >= 11 is 1.03. The van der Waals surface area contributed by atoms with Gasteiger partial charge in [0.2, 0.25) is 5.91 Å². The second-order valence-electron chi connectivity index (χ2n) is 6.83. The molecule has 1 amide bonds. The molecule has 0 saturated heterocycles. The number of para-hydroxylation sites is 1. The molecular weight excluding hydrogens is 407 g/mol. The lowest BCUT2D eigenvalue weighted by Crippen LogP contribution is -2.41. The van der Waals surface area contributed by atoms with Crippen molar-refractivity contribution >= 4 is 34.2 Å². The molecule has 0 aliphatic carbocycles. The number of carbonyl (C=O) groups excluding carboxylic acids is 1. The van der Waals surface area contributed by atoms with E-state index in [2.05, 4.69) is 9.69 Å². The molecule has 9 heteroatoms. The van der Waals surface area contributed by atoms with Crippen molar-refractivity contribution in [3.63, 3.8) is 0 Å². The highest BCUT2D eigenvalue weighted by Gasteiger charge is 2.18. The summed E-state index contributed by atoms with van der Waals surface area (Å²) in [7, 11) is 0. The predicted octanol–water partition coefficient (Wildman–Crippen LogP) is 2.75. The summed E-state index contributed by atoms with van der Waals surface area (Å²) in [4.78, 5) is 38.4. The highest BCUT2D eigenvalue weighted by Crippen LogP contribution is 2.14. The number of amides is 1. The van der Waals surface area contributed by atoms with Crippen molar-refractivity contribution in [3.05, 3.63) is 91.7 Å². The maximum Gasteiger partial charge on any atom is 0.332 e. The normalized spacial score (nSPS) is 11.0. The first kappa shape index (κ1) is 19.7. The summed E-state index contributed by atoms with van der Waals surface area (Å²) < 4.78 is 20.2. The number of aromatic nitrogens is 3. The first-order valence-electron chi connectivity index (χ1n) is 9.11. The Labute approximate surface area is 174 Å². The van der Waals surface area contributed by atoms with Gasteiger partial charge in [0.25, 0.3) is 5.56 Å². The van der Waals surface area contributed by atoms with E-state index in [-0.39, 0.29) is 29.8 Å². The van der Waals surface area contributed by atoms with Crippen LogP contribution in [0.2, 0.25) is 0 Å². The van der Waals surface area contributed by atoms with E-state index in [9.17, 15) is 18.8 Å². The van der Waals surface area contributed by atoms with Crippen LogP contribution in [-0.2, 0) is 17.9 Å². The fourth-order valence-corrected chi connectivity index (χ4v) is 3.88. The summed E-state index contributed by atoms with van der Waals surface area (Å²) in [6.45, 7) is 1.60. The second-order valence-corrected chi connectivity index (χ2v) is 7.45. The van der Waals surface area contributed by atoms with E-state index >= 15 is 0 Å². The first-order chi connectivity index (χ1) is 14.4. The van der Waals surface area contributed by atoms with Crippen molar-refractivity contribution in [1.29, 1.82) is 0 Å². The number of aryl methyl sites for hydroxylation is 1. The molecule has 1 N–H and O–H groups in total. The van der Waals surface area contributed by atoms with Gasteiger partial charge in [0.1, 0.15) is 12.4 Å². The third-order valence-electron chi connectivity index (χ3n) is 4.62. The van der Waals surface area contributed by atoms with Crippen LogP contribution in [-0.4, -0.2) is 19.4 Å². The molecule has 0 unspecified atom stereocenters. The van der Waals surface area contributed by atoms with Gasteiger partial charge in [-0.15, -0.1) is 0 Å². The standard InChI is InChI=1S/C21H17FN4O3S/c1-13-5-4-6-14(9-13)10-26-20(28)19-17(12-30-24-19)25(21(26)29)11-18(27)23-16-8-3-2-7-15(16)22/h2-9,12H,10-11H2,1H3,(H,23,27). The maximum atomic E-state index is 13.8. The Hall–Kier alpha value is -3.59. The zero-order valence-corrected chi connectivity index (χ0v) is 16.8. The van der Waals surface area contributed by atoms with Crippen molar-refractivity contribution in [3.8, 4) is 0 Å². The molecule has 0 fully saturated rings. The maximum absolute atomic E-state index is 13.8. The minimum atomic E-state index is -0.627.